The third-order valence-corrected chi connectivity index (χ3v) is 5.60. The summed E-state index contributed by atoms with van der Waals surface area (Å²) >= 11 is 0. The highest BCUT2D eigenvalue weighted by atomic mass is 19.1. The number of hydrogen-bond donors (Lipinski definition) is 1. The molecule has 1 aliphatic carbocycles. The molecule has 28 heavy (non-hydrogen) atoms. The third-order valence-electron chi connectivity index (χ3n) is 5.60. The number of amides is 1. The molecule has 5 heteroatoms. The number of benzene rings is 2. The van der Waals surface area contributed by atoms with Crippen molar-refractivity contribution in [1.29, 1.82) is 0 Å². The fraction of sp³-hybridized carbons (Fsp3) is 0.304. The van der Waals surface area contributed by atoms with Gasteiger partial charge in [0.15, 0.2) is 0 Å². The van der Waals surface area contributed by atoms with Crippen molar-refractivity contribution in [2.45, 2.75) is 38.1 Å². The summed E-state index contributed by atoms with van der Waals surface area (Å²) in [7, 11) is 0. The first-order valence-electron chi connectivity index (χ1n) is 9.74. The fourth-order valence-corrected chi connectivity index (χ4v) is 3.73. The summed E-state index contributed by atoms with van der Waals surface area (Å²) in [4.78, 5) is 12.8. The van der Waals surface area contributed by atoms with E-state index in [1.54, 1.807) is 6.20 Å². The first-order chi connectivity index (χ1) is 13.6. The predicted octanol–water partition coefficient (Wildman–Crippen LogP) is 4.09. The van der Waals surface area contributed by atoms with Gasteiger partial charge in [-0.25, -0.2) is 4.39 Å². The van der Waals surface area contributed by atoms with Crippen LogP contribution in [-0.2, 0) is 18.4 Å². The minimum Gasteiger partial charge on any atom is -0.351 e. The molecule has 1 N–H and O–H groups in total. The zero-order chi connectivity index (χ0) is 19.6. The Hall–Kier alpha value is -2.95. The molecule has 1 amide bonds. The molecule has 1 aromatic heterocycles. The summed E-state index contributed by atoms with van der Waals surface area (Å²) in [6.07, 6.45) is 4.41. The van der Waals surface area contributed by atoms with Crippen LogP contribution < -0.4 is 5.32 Å². The van der Waals surface area contributed by atoms with Crippen LogP contribution in [0.3, 0.4) is 0 Å². The summed E-state index contributed by atoms with van der Waals surface area (Å²) in [5.41, 5.74) is 3.75. The second-order valence-corrected chi connectivity index (χ2v) is 7.47. The van der Waals surface area contributed by atoms with Gasteiger partial charge in [-0.1, -0.05) is 49.4 Å². The van der Waals surface area contributed by atoms with Gasteiger partial charge in [-0.05, 0) is 42.5 Å². The number of nitrogens with zero attached hydrogens (tertiary/aromatic N) is 2. The molecular weight excluding hydrogens is 353 g/mol. The highest BCUT2D eigenvalue weighted by Gasteiger charge is 2.44. The lowest BCUT2D eigenvalue weighted by atomic mass is 9.96. The maximum Gasteiger partial charge on any atom is 0.254 e. The average molecular weight is 377 g/mol. The second kappa shape index (κ2) is 7.58. The van der Waals surface area contributed by atoms with E-state index < -0.39 is 0 Å². The molecule has 1 heterocycles. The number of rotatable bonds is 7. The molecule has 0 atom stereocenters. The first-order valence-corrected chi connectivity index (χ1v) is 9.74. The molecule has 0 aliphatic heterocycles. The lowest BCUT2D eigenvalue weighted by Crippen LogP contribution is -2.32. The molecule has 4 nitrogen and oxygen atoms in total. The Kier molecular flexibility index (Phi) is 4.99. The molecule has 4 rings (SSSR count). The minimum atomic E-state index is -0.234. The van der Waals surface area contributed by atoms with E-state index in [-0.39, 0.29) is 17.1 Å². The van der Waals surface area contributed by atoms with E-state index >= 15 is 0 Å². The van der Waals surface area contributed by atoms with E-state index in [4.69, 9.17) is 0 Å². The van der Waals surface area contributed by atoms with E-state index in [9.17, 15) is 9.18 Å². The molecule has 0 saturated heterocycles. The van der Waals surface area contributed by atoms with Crippen molar-refractivity contribution in [2.75, 3.05) is 6.54 Å². The lowest BCUT2D eigenvalue weighted by Gasteiger charge is -2.17. The largest absolute Gasteiger partial charge is 0.351 e. The van der Waals surface area contributed by atoms with Gasteiger partial charge in [-0.2, -0.15) is 5.10 Å². The standard InChI is InChI=1S/C23H24FN3O/c1-2-21-20(14-26-27(21)15-17-6-4-3-5-7-17)22(28)25-16-23(12-13-23)18-8-10-19(24)11-9-18/h3-11,14H,2,12-13,15-16H2,1H3,(H,25,28). The zero-order valence-electron chi connectivity index (χ0n) is 16.0. The van der Waals surface area contributed by atoms with E-state index in [1.807, 2.05) is 41.9 Å². The van der Waals surface area contributed by atoms with Crippen molar-refractivity contribution in [1.82, 2.24) is 15.1 Å². The van der Waals surface area contributed by atoms with Gasteiger partial charge < -0.3 is 5.32 Å². The summed E-state index contributed by atoms with van der Waals surface area (Å²) in [5, 5.41) is 7.53. The van der Waals surface area contributed by atoms with Crippen molar-refractivity contribution in [2.24, 2.45) is 0 Å². The quantitative estimate of drug-likeness (QED) is 0.674. The SMILES string of the molecule is CCc1c(C(=O)NCC2(c3ccc(F)cc3)CC2)cnn1Cc1ccccc1. The Morgan fingerprint density at radius 2 is 1.86 bits per heavy atom. The number of halogens is 1. The molecule has 1 fully saturated rings. The molecule has 1 saturated carbocycles. The van der Waals surface area contributed by atoms with Crippen molar-refractivity contribution in [3.05, 3.63) is 89.0 Å². The lowest BCUT2D eigenvalue weighted by molar-refractivity contribution is 0.0948. The van der Waals surface area contributed by atoms with Crippen LogP contribution >= 0.6 is 0 Å². The fourth-order valence-electron chi connectivity index (χ4n) is 3.73. The van der Waals surface area contributed by atoms with E-state index in [2.05, 4.69) is 22.5 Å². The Morgan fingerprint density at radius 1 is 1.14 bits per heavy atom. The summed E-state index contributed by atoms with van der Waals surface area (Å²) in [6, 6.07) is 16.7. The molecule has 3 aromatic rings. The topological polar surface area (TPSA) is 46.9 Å². The molecule has 1 aliphatic rings. The molecule has 0 unspecified atom stereocenters. The van der Waals surface area contributed by atoms with Crippen molar-refractivity contribution in [3.8, 4) is 0 Å². The van der Waals surface area contributed by atoms with Crippen LogP contribution in [0.25, 0.3) is 0 Å². The molecule has 2 aromatic carbocycles. The van der Waals surface area contributed by atoms with Gasteiger partial charge in [0.2, 0.25) is 0 Å². The van der Waals surface area contributed by atoms with Gasteiger partial charge in [-0.15, -0.1) is 0 Å². The van der Waals surface area contributed by atoms with E-state index in [0.717, 1.165) is 36.1 Å². The predicted molar refractivity (Wildman–Crippen MR) is 107 cm³/mol. The van der Waals surface area contributed by atoms with Gasteiger partial charge in [0.25, 0.3) is 5.91 Å². The first kappa shape index (κ1) is 18.4. The molecule has 0 spiro atoms. The van der Waals surface area contributed by atoms with Crippen LogP contribution in [-0.4, -0.2) is 22.2 Å². The third kappa shape index (κ3) is 3.70. The van der Waals surface area contributed by atoms with Crippen LogP contribution in [0.5, 0.6) is 0 Å². The van der Waals surface area contributed by atoms with Crippen molar-refractivity contribution in [3.63, 3.8) is 0 Å². The van der Waals surface area contributed by atoms with Gasteiger partial charge in [0, 0.05) is 12.0 Å². The number of carbonyl (C=O) groups is 1. The average Bonchev–Trinajstić information content (AvgIpc) is 3.41. The molecular formula is C23H24FN3O. The number of nitrogens with one attached hydrogen (secondary N) is 1. The van der Waals surface area contributed by atoms with Crippen LogP contribution in [0.4, 0.5) is 4.39 Å². The highest BCUT2D eigenvalue weighted by Crippen LogP contribution is 2.47. The Morgan fingerprint density at radius 3 is 2.50 bits per heavy atom. The van der Waals surface area contributed by atoms with Crippen LogP contribution in [0.15, 0.2) is 60.8 Å². The highest BCUT2D eigenvalue weighted by molar-refractivity contribution is 5.95. The zero-order valence-corrected chi connectivity index (χ0v) is 16.0. The Balaban J connectivity index is 1.46. The maximum absolute atomic E-state index is 13.2. The number of aromatic nitrogens is 2. The normalized spacial score (nSPS) is 14.6. The van der Waals surface area contributed by atoms with Crippen LogP contribution in [0, 0.1) is 5.82 Å². The van der Waals surface area contributed by atoms with Gasteiger partial charge in [0.05, 0.1) is 24.0 Å². The Bertz CT molecular complexity index is 959. The van der Waals surface area contributed by atoms with Crippen molar-refractivity contribution < 1.29 is 9.18 Å². The minimum absolute atomic E-state index is 0.0598. The van der Waals surface area contributed by atoms with Crippen LogP contribution in [0.2, 0.25) is 0 Å². The van der Waals surface area contributed by atoms with Crippen LogP contribution in [0.1, 0.15) is 46.9 Å². The summed E-state index contributed by atoms with van der Waals surface area (Å²) in [6.45, 7) is 3.25. The number of hydrogen-bond acceptors (Lipinski definition) is 2. The molecule has 0 radical (unpaired) electrons. The van der Waals surface area contributed by atoms with Gasteiger partial charge in [-0.3, -0.25) is 9.48 Å². The van der Waals surface area contributed by atoms with Gasteiger partial charge >= 0.3 is 0 Å². The van der Waals surface area contributed by atoms with E-state index in [1.165, 1.54) is 12.1 Å². The second-order valence-electron chi connectivity index (χ2n) is 7.47. The van der Waals surface area contributed by atoms with Gasteiger partial charge in [0.1, 0.15) is 5.82 Å². The summed E-state index contributed by atoms with van der Waals surface area (Å²) in [5.74, 6) is -0.327. The smallest absolute Gasteiger partial charge is 0.254 e. The molecule has 144 valence electrons. The number of carbonyl (C=O) groups excluding carboxylic acids is 1. The molecule has 0 bridgehead atoms. The van der Waals surface area contributed by atoms with Crippen molar-refractivity contribution >= 4 is 5.91 Å². The Labute approximate surface area is 164 Å². The maximum atomic E-state index is 13.2. The summed E-state index contributed by atoms with van der Waals surface area (Å²) < 4.78 is 15.1. The van der Waals surface area contributed by atoms with E-state index in [0.29, 0.717) is 18.7 Å². The monoisotopic (exact) mass is 377 g/mol.